The van der Waals surface area contributed by atoms with E-state index in [1.807, 2.05) is 30.7 Å². The lowest BCUT2D eigenvalue weighted by Gasteiger charge is -2.32. The van der Waals surface area contributed by atoms with Crippen LogP contribution < -0.4 is 0 Å². The number of hydrogen-bond donors (Lipinski definition) is 1. The van der Waals surface area contributed by atoms with Crippen molar-refractivity contribution in [3.63, 3.8) is 0 Å². The number of aliphatic hydroxyl groups is 1. The second kappa shape index (κ2) is 5.15. The smallest absolute Gasteiger partial charge is 0.0948 e. The van der Waals surface area contributed by atoms with Gasteiger partial charge < -0.3 is 9.67 Å². The monoisotopic (exact) mass is 257 g/mol. The van der Waals surface area contributed by atoms with E-state index in [1.54, 1.807) is 0 Å². The van der Waals surface area contributed by atoms with Crippen molar-refractivity contribution in [3.05, 3.63) is 53.6 Å². The minimum absolute atomic E-state index is 0.386. The summed E-state index contributed by atoms with van der Waals surface area (Å²) < 4.78 is 2.15. The highest BCUT2D eigenvalue weighted by Gasteiger charge is 2.23. The molecule has 4 nitrogen and oxygen atoms in total. The van der Waals surface area contributed by atoms with E-state index in [2.05, 4.69) is 27.4 Å². The van der Waals surface area contributed by atoms with E-state index in [0.717, 1.165) is 25.2 Å². The van der Waals surface area contributed by atoms with Crippen LogP contribution in [0.5, 0.6) is 0 Å². The fourth-order valence-electron chi connectivity index (χ4n) is 2.77. The molecule has 0 amide bonds. The lowest BCUT2D eigenvalue weighted by atomic mass is 9.97. The Morgan fingerprint density at radius 1 is 1.37 bits per heavy atom. The van der Waals surface area contributed by atoms with Gasteiger partial charge in [-0.1, -0.05) is 24.3 Å². The van der Waals surface area contributed by atoms with E-state index < -0.39 is 0 Å². The first-order valence-corrected chi connectivity index (χ1v) is 6.75. The summed E-state index contributed by atoms with van der Waals surface area (Å²) in [5, 5.41) is 10.2. The van der Waals surface area contributed by atoms with Crippen LogP contribution in [0.25, 0.3) is 0 Å². The minimum atomic E-state index is -0.386. The van der Waals surface area contributed by atoms with E-state index >= 15 is 0 Å². The van der Waals surface area contributed by atoms with Crippen molar-refractivity contribution in [2.75, 3.05) is 6.54 Å². The van der Waals surface area contributed by atoms with Crippen molar-refractivity contribution in [3.8, 4) is 0 Å². The van der Waals surface area contributed by atoms with Crippen LogP contribution in [0.15, 0.2) is 36.8 Å². The number of aromatic nitrogens is 2. The van der Waals surface area contributed by atoms with Crippen molar-refractivity contribution >= 4 is 0 Å². The second-order valence-corrected chi connectivity index (χ2v) is 5.06. The lowest BCUT2D eigenvalue weighted by molar-refractivity contribution is 0.0868. The Kier molecular flexibility index (Phi) is 3.36. The number of aryl methyl sites for hydroxylation is 1. The molecular formula is C15H19N3O. The number of aliphatic hydroxyl groups excluding tert-OH is 1. The molecule has 1 atom stereocenters. The van der Waals surface area contributed by atoms with Crippen LogP contribution in [-0.2, 0) is 19.6 Å². The van der Waals surface area contributed by atoms with Crippen LogP contribution in [-0.4, -0.2) is 26.1 Å². The maximum absolute atomic E-state index is 10.2. The Balaban J connectivity index is 1.78. The van der Waals surface area contributed by atoms with E-state index in [1.165, 1.54) is 11.3 Å². The van der Waals surface area contributed by atoms with Crippen molar-refractivity contribution < 1.29 is 5.11 Å². The predicted molar refractivity (Wildman–Crippen MR) is 73.4 cm³/mol. The number of nitrogens with zero attached hydrogens (tertiary/aromatic N) is 3. The van der Waals surface area contributed by atoms with E-state index in [4.69, 9.17) is 0 Å². The molecule has 0 spiro atoms. The molecule has 0 fully saturated rings. The molecule has 2 heterocycles. The molecule has 0 radical (unpaired) electrons. The summed E-state index contributed by atoms with van der Waals surface area (Å²) in [5.41, 5.74) is 3.50. The molecule has 0 aliphatic carbocycles. The quantitative estimate of drug-likeness (QED) is 0.913. The van der Waals surface area contributed by atoms with Gasteiger partial charge in [0.1, 0.15) is 0 Å². The predicted octanol–water partition coefficient (Wildman–Crippen LogP) is 1.95. The summed E-state index contributed by atoms with van der Waals surface area (Å²) in [6, 6.07) is 8.14. The summed E-state index contributed by atoms with van der Waals surface area (Å²) in [7, 11) is 0. The SMILES string of the molecule is CCn1cncc1CN1Cc2ccccc2C(O)C1. The maximum Gasteiger partial charge on any atom is 0.0948 e. The van der Waals surface area contributed by atoms with E-state index in [9.17, 15) is 5.11 Å². The molecule has 4 heteroatoms. The first kappa shape index (κ1) is 12.4. The maximum atomic E-state index is 10.2. The summed E-state index contributed by atoms with van der Waals surface area (Å²) in [4.78, 5) is 6.47. The third-order valence-electron chi connectivity index (χ3n) is 3.76. The number of β-amino-alcohol motifs (C(OH)–C–C–N with tert-alkyl or cyclic N) is 1. The molecule has 0 saturated heterocycles. The normalized spacial score (nSPS) is 19.4. The topological polar surface area (TPSA) is 41.3 Å². The Morgan fingerprint density at radius 2 is 2.21 bits per heavy atom. The van der Waals surface area contributed by atoms with Crippen LogP contribution in [0, 0.1) is 0 Å². The van der Waals surface area contributed by atoms with Crippen molar-refractivity contribution in [1.82, 2.24) is 14.5 Å². The van der Waals surface area contributed by atoms with Crippen LogP contribution >= 0.6 is 0 Å². The van der Waals surface area contributed by atoms with Gasteiger partial charge in [0.2, 0.25) is 0 Å². The zero-order chi connectivity index (χ0) is 13.2. The highest BCUT2D eigenvalue weighted by Crippen LogP contribution is 2.27. The van der Waals surface area contributed by atoms with Gasteiger partial charge in [-0.15, -0.1) is 0 Å². The Labute approximate surface area is 113 Å². The molecule has 0 bridgehead atoms. The van der Waals surface area contributed by atoms with E-state index in [-0.39, 0.29) is 6.10 Å². The average molecular weight is 257 g/mol. The molecule has 1 aliphatic rings. The molecule has 1 aliphatic heterocycles. The van der Waals surface area contributed by atoms with Crippen LogP contribution in [0.1, 0.15) is 29.8 Å². The standard InChI is InChI=1S/C15H19N3O/c1-2-18-11-16-7-13(18)9-17-8-12-5-3-4-6-14(12)15(19)10-17/h3-7,11,15,19H,2,8-10H2,1H3. The molecule has 1 aromatic carbocycles. The fraction of sp³-hybridized carbons (Fsp3) is 0.400. The Hall–Kier alpha value is -1.65. The lowest BCUT2D eigenvalue weighted by Crippen LogP contribution is -2.33. The van der Waals surface area contributed by atoms with Gasteiger partial charge in [0, 0.05) is 32.4 Å². The zero-order valence-electron chi connectivity index (χ0n) is 11.2. The molecule has 1 unspecified atom stereocenters. The van der Waals surface area contributed by atoms with Gasteiger partial charge in [0.25, 0.3) is 0 Å². The van der Waals surface area contributed by atoms with Crippen LogP contribution in [0.4, 0.5) is 0 Å². The largest absolute Gasteiger partial charge is 0.387 e. The highest BCUT2D eigenvalue weighted by atomic mass is 16.3. The van der Waals surface area contributed by atoms with Crippen LogP contribution in [0.3, 0.4) is 0 Å². The van der Waals surface area contributed by atoms with Gasteiger partial charge in [-0.25, -0.2) is 4.98 Å². The number of fused-ring (bicyclic) bond motifs is 1. The van der Waals surface area contributed by atoms with Gasteiger partial charge >= 0.3 is 0 Å². The molecule has 1 aromatic heterocycles. The summed E-state index contributed by atoms with van der Waals surface area (Å²) in [6.07, 6.45) is 3.39. The van der Waals surface area contributed by atoms with E-state index in [0.29, 0.717) is 6.54 Å². The van der Waals surface area contributed by atoms with Gasteiger partial charge in [-0.05, 0) is 18.1 Å². The van der Waals surface area contributed by atoms with Gasteiger partial charge in [-0.2, -0.15) is 0 Å². The first-order valence-electron chi connectivity index (χ1n) is 6.75. The first-order chi connectivity index (χ1) is 9.28. The van der Waals surface area contributed by atoms with Crippen molar-refractivity contribution in [1.29, 1.82) is 0 Å². The molecule has 100 valence electrons. The molecular weight excluding hydrogens is 238 g/mol. The Morgan fingerprint density at radius 3 is 3.05 bits per heavy atom. The molecule has 2 aromatic rings. The second-order valence-electron chi connectivity index (χ2n) is 5.06. The number of rotatable bonds is 3. The van der Waals surface area contributed by atoms with Crippen LogP contribution in [0.2, 0.25) is 0 Å². The third kappa shape index (κ3) is 2.41. The number of imidazole rings is 1. The van der Waals surface area contributed by atoms with Gasteiger partial charge in [0.15, 0.2) is 0 Å². The Bertz CT molecular complexity index is 564. The molecule has 3 rings (SSSR count). The molecule has 19 heavy (non-hydrogen) atoms. The molecule has 0 saturated carbocycles. The number of hydrogen-bond acceptors (Lipinski definition) is 3. The summed E-state index contributed by atoms with van der Waals surface area (Å²) >= 11 is 0. The fourth-order valence-corrected chi connectivity index (χ4v) is 2.77. The molecule has 1 N–H and O–H groups in total. The van der Waals surface area contributed by atoms with Gasteiger partial charge in [0.05, 0.1) is 18.1 Å². The minimum Gasteiger partial charge on any atom is -0.387 e. The van der Waals surface area contributed by atoms with Gasteiger partial charge in [-0.3, -0.25) is 4.90 Å². The number of benzene rings is 1. The van der Waals surface area contributed by atoms with Crippen molar-refractivity contribution in [2.45, 2.75) is 32.7 Å². The third-order valence-corrected chi connectivity index (χ3v) is 3.76. The highest BCUT2D eigenvalue weighted by molar-refractivity contribution is 5.31. The zero-order valence-corrected chi connectivity index (χ0v) is 11.2. The average Bonchev–Trinajstić information content (AvgIpc) is 2.86. The summed E-state index contributed by atoms with van der Waals surface area (Å²) in [5.74, 6) is 0. The van der Waals surface area contributed by atoms with Crippen molar-refractivity contribution in [2.24, 2.45) is 0 Å². The summed E-state index contributed by atoms with van der Waals surface area (Å²) in [6.45, 7) is 5.46.